The number of thiazole rings is 1. The zero-order valence-electron chi connectivity index (χ0n) is 7.61. The van der Waals surface area contributed by atoms with Crippen LogP contribution in [0, 0.1) is 11.8 Å². The van der Waals surface area contributed by atoms with Gasteiger partial charge in [-0.05, 0) is 12.8 Å². The lowest BCUT2D eigenvalue weighted by Gasteiger charge is -1.95. The Labute approximate surface area is 91.9 Å². The lowest BCUT2D eigenvalue weighted by atomic mass is 10.5. The van der Waals surface area contributed by atoms with Gasteiger partial charge in [-0.15, -0.1) is 0 Å². The van der Waals surface area contributed by atoms with Crippen LogP contribution in [-0.2, 0) is 4.74 Å². The Balaban J connectivity index is 2.72. The molecule has 1 heterocycles. The highest BCUT2D eigenvalue weighted by Gasteiger charge is 2.09. The van der Waals surface area contributed by atoms with Gasteiger partial charge in [0.1, 0.15) is 4.88 Å². The Kier molecular flexibility index (Phi) is 4.50. The summed E-state index contributed by atoms with van der Waals surface area (Å²) in [6.07, 6.45) is 1.48. The van der Waals surface area contributed by atoms with E-state index in [9.17, 15) is 4.79 Å². The van der Waals surface area contributed by atoms with Gasteiger partial charge in [0, 0.05) is 0 Å². The minimum Gasteiger partial charge on any atom is -0.462 e. The predicted octanol–water partition coefficient (Wildman–Crippen LogP) is 1.60. The zero-order chi connectivity index (χ0) is 10.4. The van der Waals surface area contributed by atoms with E-state index in [4.69, 9.17) is 4.74 Å². The molecule has 0 atom stereocenters. The van der Waals surface area contributed by atoms with Crippen molar-refractivity contribution in [1.82, 2.24) is 4.98 Å². The van der Waals surface area contributed by atoms with Gasteiger partial charge < -0.3 is 4.74 Å². The van der Waals surface area contributed by atoms with E-state index in [2.05, 4.69) is 29.5 Å². The van der Waals surface area contributed by atoms with Crippen molar-refractivity contribution in [2.75, 3.05) is 12.4 Å². The molecule has 0 spiro atoms. The van der Waals surface area contributed by atoms with E-state index >= 15 is 0 Å². The molecule has 0 aromatic carbocycles. The summed E-state index contributed by atoms with van der Waals surface area (Å²) >= 11 is 5.17. The monoisotopic (exact) mass is 227 g/mol. The van der Waals surface area contributed by atoms with Crippen molar-refractivity contribution in [3.63, 3.8) is 0 Å². The SMILES string of the molecule is CCOC(=O)c1cnc(C#CCS)s1. The third-order valence-electron chi connectivity index (χ3n) is 1.26. The largest absolute Gasteiger partial charge is 0.462 e. The van der Waals surface area contributed by atoms with Crippen LogP contribution in [0.5, 0.6) is 0 Å². The summed E-state index contributed by atoms with van der Waals surface area (Å²) in [7, 11) is 0. The van der Waals surface area contributed by atoms with E-state index in [1.54, 1.807) is 6.92 Å². The van der Waals surface area contributed by atoms with Gasteiger partial charge in [-0.25, -0.2) is 9.78 Å². The molecule has 0 unspecified atom stereocenters. The van der Waals surface area contributed by atoms with Crippen molar-refractivity contribution in [2.45, 2.75) is 6.92 Å². The van der Waals surface area contributed by atoms with Gasteiger partial charge in [-0.1, -0.05) is 17.3 Å². The van der Waals surface area contributed by atoms with Crippen LogP contribution in [0.25, 0.3) is 0 Å². The minimum atomic E-state index is -0.344. The van der Waals surface area contributed by atoms with Crippen molar-refractivity contribution in [3.8, 4) is 11.8 Å². The fraction of sp³-hybridized carbons (Fsp3) is 0.333. The molecule has 14 heavy (non-hydrogen) atoms. The Hall–Kier alpha value is -0.990. The average molecular weight is 227 g/mol. The first-order valence-electron chi connectivity index (χ1n) is 4.00. The van der Waals surface area contributed by atoms with E-state index in [0.717, 1.165) is 0 Å². The Bertz CT molecular complexity index is 376. The van der Waals surface area contributed by atoms with Crippen LogP contribution in [-0.4, -0.2) is 23.3 Å². The highest BCUT2D eigenvalue weighted by Crippen LogP contribution is 2.12. The molecule has 0 fully saturated rings. The number of carbonyl (C=O) groups excluding carboxylic acids is 1. The third-order valence-corrected chi connectivity index (χ3v) is 2.31. The molecule has 0 saturated carbocycles. The van der Waals surface area contributed by atoms with Crippen LogP contribution < -0.4 is 0 Å². The molecule has 0 radical (unpaired) electrons. The van der Waals surface area contributed by atoms with Gasteiger partial charge in [0.05, 0.1) is 18.6 Å². The van der Waals surface area contributed by atoms with Crippen molar-refractivity contribution in [3.05, 3.63) is 16.1 Å². The molecular formula is C9H9NO2S2. The summed E-state index contributed by atoms with van der Waals surface area (Å²) in [4.78, 5) is 15.7. The molecule has 0 aliphatic rings. The maximum absolute atomic E-state index is 11.2. The second kappa shape index (κ2) is 5.68. The molecule has 0 aliphatic heterocycles. The average Bonchev–Trinajstić information content (AvgIpc) is 2.63. The molecule has 0 saturated heterocycles. The summed E-state index contributed by atoms with van der Waals surface area (Å²) in [6, 6.07) is 0. The van der Waals surface area contributed by atoms with Gasteiger partial charge >= 0.3 is 5.97 Å². The number of esters is 1. The summed E-state index contributed by atoms with van der Waals surface area (Å²) in [6.45, 7) is 2.13. The van der Waals surface area contributed by atoms with E-state index in [-0.39, 0.29) is 5.97 Å². The highest BCUT2D eigenvalue weighted by atomic mass is 32.1. The number of hydrogen-bond acceptors (Lipinski definition) is 5. The van der Waals surface area contributed by atoms with E-state index in [0.29, 0.717) is 22.2 Å². The molecular weight excluding hydrogens is 218 g/mol. The number of thiol groups is 1. The van der Waals surface area contributed by atoms with E-state index < -0.39 is 0 Å². The first-order chi connectivity index (χ1) is 6.77. The van der Waals surface area contributed by atoms with Crippen LogP contribution >= 0.6 is 24.0 Å². The molecule has 0 bridgehead atoms. The van der Waals surface area contributed by atoms with E-state index in [1.807, 2.05) is 0 Å². The molecule has 1 rings (SSSR count). The second-order valence-electron chi connectivity index (χ2n) is 2.21. The third kappa shape index (κ3) is 3.05. The van der Waals surface area contributed by atoms with Crippen LogP contribution in [0.2, 0.25) is 0 Å². The topological polar surface area (TPSA) is 39.2 Å². The lowest BCUT2D eigenvalue weighted by molar-refractivity contribution is 0.0532. The molecule has 1 aromatic heterocycles. The molecule has 0 N–H and O–H groups in total. The fourth-order valence-corrected chi connectivity index (χ4v) is 1.51. The molecule has 3 nitrogen and oxygen atoms in total. The molecule has 74 valence electrons. The number of hydrogen-bond donors (Lipinski definition) is 1. The lowest BCUT2D eigenvalue weighted by Crippen LogP contribution is -2.01. The molecule has 0 aliphatic carbocycles. The molecule has 1 aromatic rings. The van der Waals surface area contributed by atoms with Crippen molar-refractivity contribution in [2.24, 2.45) is 0 Å². The first-order valence-corrected chi connectivity index (χ1v) is 5.45. The van der Waals surface area contributed by atoms with Gasteiger partial charge in [0.25, 0.3) is 0 Å². The van der Waals surface area contributed by atoms with Gasteiger partial charge in [0.15, 0.2) is 5.01 Å². The molecule has 0 amide bonds. The number of aromatic nitrogens is 1. The van der Waals surface area contributed by atoms with Crippen molar-refractivity contribution in [1.29, 1.82) is 0 Å². The summed E-state index contributed by atoms with van der Waals surface area (Å²) < 4.78 is 4.81. The van der Waals surface area contributed by atoms with Crippen molar-refractivity contribution < 1.29 is 9.53 Å². The van der Waals surface area contributed by atoms with Crippen LogP contribution in [0.4, 0.5) is 0 Å². The second-order valence-corrected chi connectivity index (χ2v) is 3.56. The van der Waals surface area contributed by atoms with Crippen LogP contribution in [0.3, 0.4) is 0 Å². The first kappa shape index (κ1) is 11.1. The fourth-order valence-electron chi connectivity index (χ4n) is 0.744. The minimum absolute atomic E-state index is 0.344. The van der Waals surface area contributed by atoms with E-state index in [1.165, 1.54) is 17.5 Å². The number of nitrogens with zero attached hydrogens (tertiary/aromatic N) is 1. The van der Waals surface area contributed by atoms with Crippen molar-refractivity contribution >= 4 is 29.9 Å². The van der Waals surface area contributed by atoms with Crippen LogP contribution in [0.15, 0.2) is 6.20 Å². The van der Waals surface area contributed by atoms with Gasteiger partial charge in [0.2, 0.25) is 0 Å². The number of ether oxygens (including phenoxy) is 1. The van der Waals surface area contributed by atoms with Crippen LogP contribution in [0.1, 0.15) is 21.6 Å². The number of rotatable bonds is 2. The normalized spacial score (nSPS) is 9.00. The standard InChI is InChI=1S/C9H9NO2S2/c1-2-12-9(11)7-6-10-8(14-7)4-3-5-13/h6,13H,2,5H2,1H3. The summed E-state index contributed by atoms with van der Waals surface area (Å²) in [5, 5.41) is 0.613. The summed E-state index contributed by atoms with van der Waals surface area (Å²) in [5.41, 5.74) is 0. The molecule has 5 heteroatoms. The predicted molar refractivity (Wildman–Crippen MR) is 58.8 cm³/mol. The Morgan fingerprint density at radius 3 is 3.21 bits per heavy atom. The number of carbonyl (C=O) groups is 1. The zero-order valence-corrected chi connectivity index (χ0v) is 9.32. The van der Waals surface area contributed by atoms with Gasteiger partial charge in [-0.2, -0.15) is 12.6 Å². The maximum atomic E-state index is 11.2. The smallest absolute Gasteiger partial charge is 0.349 e. The Morgan fingerprint density at radius 2 is 2.57 bits per heavy atom. The highest BCUT2D eigenvalue weighted by molar-refractivity contribution is 7.80. The van der Waals surface area contributed by atoms with Gasteiger partial charge in [-0.3, -0.25) is 0 Å². The Morgan fingerprint density at radius 1 is 1.79 bits per heavy atom. The summed E-state index contributed by atoms with van der Waals surface area (Å²) in [5.74, 6) is 5.68. The quantitative estimate of drug-likeness (QED) is 0.474. The maximum Gasteiger partial charge on any atom is 0.349 e.